The number of carbonyl (C=O) groups excluding carboxylic acids is 2. The van der Waals surface area contributed by atoms with E-state index in [0.717, 1.165) is 6.42 Å². The minimum atomic E-state index is -1.69. The number of rotatable bonds is 5. The molecule has 1 aromatic carbocycles. The van der Waals surface area contributed by atoms with Gasteiger partial charge in [0.05, 0.1) is 17.7 Å². The van der Waals surface area contributed by atoms with Gasteiger partial charge in [0.2, 0.25) is 0 Å². The molecule has 1 aliphatic heterocycles. The summed E-state index contributed by atoms with van der Waals surface area (Å²) in [4.78, 5) is 25.6. The van der Waals surface area contributed by atoms with Gasteiger partial charge in [0.15, 0.2) is 8.32 Å². The summed E-state index contributed by atoms with van der Waals surface area (Å²) in [6.07, 6.45) is 1.57. The quantitative estimate of drug-likeness (QED) is 0.345. The number of nitrogens with zero attached hydrogens (tertiary/aromatic N) is 1. The first-order valence-corrected chi connectivity index (χ1v) is 11.6. The van der Waals surface area contributed by atoms with E-state index in [4.69, 9.17) is 4.43 Å². The molecule has 0 bridgehead atoms. The Labute approximate surface area is 151 Å². The van der Waals surface area contributed by atoms with Crippen LogP contribution in [-0.2, 0) is 4.43 Å². The standard InChI is InChI=1S/C20H27NO3Si/c1-20(2,3)25(4,5)24-15-11-7-6-10-14-21-18(22)16-12-8-9-13-17(16)19(21)23/h8-9,12-13H,7,11,14-15H2,1-5H3. The molecule has 1 aliphatic rings. The first-order valence-electron chi connectivity index (χ1n) is 8.70. The number of carbonyl (C=O) groups is 2. The molecule has 2 rings (SSSR count). The van der Waals surface area contributed by atoms with Crippen molar-refractivity contribution in [2.45, 2.75) is 51.7 Å². The third-order valence-electron chi connectivity index (χ3n) is 4.96. The highest BCUT2D eigenvalue weighted by Crippen LogP contribution is 2.36. The Bertz CT molecular complexity index is 687. The van der Waals surface area contributed by atoms with Crippen LogP contribution in [0.3, 0.4) is 0 Å². The molecule has 0 saturated heterocycles. The van der Waals surface area contributed by atoms with Gasteiger partial charge in [0.25, 0.3) is 11.8 Å². The molecule has 134 valence electrons. The van der Waals surface area contributed by atoms with Crippen LogP contribution in [0.4, 0.5) is 0 Å². The Balaban J connectivity index is 1.78. The maximum atomic E-state index is 12.2. The minimum absolute atomic E-state index is 0.148. The highest BCUT2D eigenvalue weighted by molar-refractivity contribution is 6.74. The number of fused-ring (bicyclic) bond motifs is 1. The van der Waals surface area contributed by atoms with Crippen molar-refractivity contribution in [3.05, 3.63) is 35.4 Å². The summed E-state index contributed by atoms with van der Waals surface area (Å²) in [5, 5.41) is 0.212. The first-order chi connectivity index (χ1) is 11.6. The predicted octanol–water partition coefficient (Wildman–Crippen LogP) is 4.09. The van der Waals surface area contributed by atoms with Crippen molar-refractivity contribution in [3.63, 3.8) is 0 Å². The summed E-state index contributed by atoms with van der Waals surface area (Å²) in [6, 6.07) is 6.89. The lowest BCUT2D eigenvalue weighted by molar-refractivity contribution is 0.0675. The Morgan fingerprint density at radius 1 is 1.04 bits per heavy atom. The van der Waals surface area contributed by atoms with Crippen LogP contribution < -0.4 is 0 Å². The van der Waals surface area contributed by atoms with Crippen LogP contribution in [0.15, 0.2) is 24.3 Å². The van der Waals surface area contributed by atoms with Crippen molar-refractivity contribution in [3.8, 4) is 11.8 Å². The van der Waals surface area contributed by atoms with Gasteiger partial charge in [-0.05, 0) is 36.7 Å². The molecule has 2 amide bonds. The maximum Gasteiger partial charge on any atom is 0.262 e. The average Bonchev–Trinajstić information content (AvgIpc) is 2.78. The molecule has 0 radical (unpaired) electrons. The van der Waals surface area contributed by atoms with Crippen molar-refractivity contribution >= 4 is 20.1 Å². The summed E-state index contributed by atoms with van der Waals surface area (Å²) in [7, 11) is -1.69. The van der Waals surface area contributed by atoms with Crippen LogP contribution in [0, 0.1) is 11.8 Å². The summed E-state index contributed by atoms with van der Waals surface area (Å²) >= 11 is 0. The van der Waals surface area contributed by atoms with Crippen LogP contribution in [0.25, 0.3) is 0 Å². The average molecular weight is 358 g/mol. The molecule has 0 saturated carbocycles. The van der Waals surface area contributed by atoms with Crippen LogP contribution in [-0.4, -0.2) is 38.2 Å². The van der Waals surface area contributed by atoms with E-state index in [-0.39, 0.29) is 23.4 Å². The monoisotopic (exact) mass is 357 g/mol. The van der Waals surface area contributed by atoms with E-state index in [9.17, 15) is 9.59 Å². The predicted molar refractivity (Wildman–Crippen MR) is 102 cm³/mol. The molecule has 0 spiro atoms. The van der Waals surface area contributed by atoms with E-state index < -0.39 is 8.32 Å². The van der Waals surface area contributed by atoms with Gasteiger partial charge in [0, 0.05) is 13.0 Å². The molecule has 4 nitrogen and oxygen atoms in total. The van der Waals surface area contributed by atoms with Gasteiger partial charge in [-0.25, -0.2) is 0 Å². The van der Waals surface area contributed by atoms with E-state index >= 15 is 0 Å². The van der Waals surface area contributed by atoms with Gasteiger partial charge < -0.3 is 4.43 Å². The fourth-order valence-corrected chi connectivity index (χ4v) is 3.40. The number of amides is 2. The van der Waals surface area contributed by atoms with Crippen molar-refractivity contribution < 1.29 is 14.0 Å². The van der Waals surface area contributed by atoms with Crippen LogP contribution in [0.5, 0.6) is 0 Å². The number of unbranched alkanes of at least 4 members (excludes halogenated alkanes) is 1. The molecule has 0 aromatic heterocycles. The van der Waals surface area contributed by atoms with Crippen molar-refractivity contribution in [2.24, 2.45) is 0 Å². The normalized spacial score (nSPS) is 14.4. The van der Waals surface area contributed by atoms with Gasteiger partial charge >= 0.3 is 0 Å². The fourth-order valence-electron chi connectivity index (χ4n) is 2.31. The number of hydrogen-bond donors (Lipinski definition) is 0. The number of benzene rings is 1. The molecule has 0 aliphatic carbocycles. The third-order valence-corrected chi connectivity index (χ3v) is 9.49. The van der Waals surface area contributed by atoms with Crippen LogP contribution >= 0.6 is 0 Å². The van der Waals surface area contributed by atoms with Crippen molar-refractivity contribution in [2.75, 3.05) is 13.2 Å². The zero-order chi connectivity index (χ0) is 18.7. The van der Waals surface area contributed by atoms with Gasteiger partial charge in [-0.1, -0.05) is 38.8 Å². The van der Waals surface area contributed by atoms with E-state index in [1.165, 1.54) is 4.90 Å². The summed E-state index contributed by atoms with van der Waals surface area (Å²) < 4.78 is 6.10. The van der Waals surface area contributed by atoms with E-state index in [1.807, 2.05) is 0 Å². The Kier molecular flexibility index (Phi) is 5.86. The first kappa shape index (κ1) is 19.4. The highest BCUT2D eigenvalue weighted by Gasteiger charge is 2.37. The van der Waals surface area contributed by atoms with Gasteiger partial charge in [-0.15, -0.1) is 5.92 Å². The lowest BCUT2D eigenvalue weighted by atomic mass is 10.1. The molecule has 5 heteroatoms. The van der Waals surface area contributed by atoms with Crippen molar-refractivity contribution in [1.82, 2.24) is 4.90 Å². The Morgan fingerprint density at radius 3 is 2.12 bits per heavy atom. The SMILES string of the molecule is CC(C)(C)[Si](C)(C)OCCCC#CCN1C(=O)c2ccccc2C1=O. The summed E-state index contributed by atoms with van der Waals surface area (Å²) in [5.74, 6) is 5.48. The molecular weight excluding hydrogens is 330 g/mol. The summed E-state index contributed by atoms with van der Waals surface area (Å²) in [5.41, 5.74) is 0.939. The topological polar surface area (TPSA) is 46.6 Å². The number of hydrogen-bond acceptors (Lipinski definition) is 3. The van der Waals surface area contributed by atoms with Crippen LogP contribution in [0.1, 0.15) is 54.3 Å². The molecule has 1 aromatic rings. The largest absolute Gasteiger partial charge is 0.417 e. The smallest absolute Gasteiger partial charge is 0.262 e. The fraction of sp³-hybridized carbons (Fsp3) is 0.500. The zero-order valence-electron chi connectivity index (χ0n) is 15.8. The molecule has 0 fully saturated rings. The maximum absolute atomic E-state index is 12.2. The molecule has 0 atom stereocenters. The lowest BCUT2D eigenvalue weighted by Crippen LogP contribution is -2.40. The highest BCUT2D eigenvalue weighted by atomic mass is 28.4. The Morgan fingerprint density at radius 2 is 1.60 bits per heavy atom. The van der Waals surface area contributed by atoms with Gasteiger partial charge in [-0.3, -0.25) is 14.5 Å². The summed E-state index contributed by atoms with van der Waals surface area (Å²) in [6.45, 7) is 12.0. The minimum Gasteiger partial charge on any atom is -0.417 e. The van der Waals surface area contributed by atoms with Crippen LogP contribution in [0.2, 0.25) is 18.1 Å². The van der Waals surface area contributed by atoms with E-state index in [2.05, 4.69) is 45.7 Å². The molecule has 0 unspecified atom stereocenters. The molecule has 25 heavy (non-hydrogen) atoms. The molecule has 1 heterocycles. The second-order valence-corrected chi connectivity index (χ2v) is 12.6. The molecule has 0 N–H and O–H groups in total. The van der Waals surface area contributed by atoms with E-state index in [0.29, 0.717) is 24.2 Å². The van der Waals surface area contributed by atoms with Crippen molar-refractivity contribution in [1.29, 1.82) is 0 Å². The lowest BCUT2D eigenvalue weighted by Gasteiger charge is -2.36. The zero-order valence-corrected chi connectivity index (χ0v) is 16.8. The molecular formula is C20H27NO3Si. The number of imide groups is 1. The second kappa shape index (κ2) is 7.55. The second-order valence-electron chi connectivity index (χ2n) is 7.81. The van der Waals surface area contributed by atoms with Gasteiger partial charge in [-0.2, -0.15) is 0 Å². The third kappa shape index (κ3) is 4.39. The van der Waals surface area contributed by atoms with E-state index in [1.54, 1.807) is 24.3 Å². The van der Waals surface area contributed by atoms with Gasteiger partial charge in [0.1, 0.15) is 0 Å². The Hall–Kier alpha value is -1.90.